The van der Waals surface area contributed by atoms with Crippen LogP contribution in [0, 0.1) is 12.8 Å². The van der Waals surface area contributed by atoms with E-state index in [0.717, 1.165) is 31.7 Å². The molecular formula is C13H18ClNO2. The van der Waals surface area contributed by atoms with Gasteiger partial charge in [0.2, 0.25) is 0 Å². The average molecular weight is 256 g/mol. The minimum absolute atomic E-state index is 0.0844. The lowest BCUT2D eigenvalue weighted by molar-refractivity contribution is 0.0671. The molecule has 3 nitrogen and oxygen atoms in total. The summed E-state index contributed by atoms with van der Waals surface area (Å²) in [6.45, 7) is 3.53. The number of rotatable bonds is 3. The Morgan fingerprint density at radius 3 is 3.12 bits per heavy atom. The zero-order chi connectivity index (χ0) is 12.3. The molecule has 1 aromatic heterocycles. The molecule has 0 spiro atoms. The predicted octanol–water partition coefficient (Wildman–Crippen LogP) is 3.07. The standard InChI is InChI=1S/C13H18ClNO2/c1-10-7-12(9-17-10)13(16)15-6-2-3-11(8-15)4-5-14/h7,9,11H,2-6,8H2,1H3. The number of halogens is 1. The third-order valence-electron chi connectivity index (χ3n) is 3.30. The maximum Gasteiger partial charge on any atom is 0.257 e. The van der Waals surface area contributed by atoms with Crippen molar-refractivity contribution in [2.75, 3.05) is 19.0 Å². The quantitative estimate of drug-likeness (QED) is 0.778. The van der Waals surface area contributed by atoms with E-state index in [1.165, 1.54) is 6.42 Å². The van der Waals surface area contributed by atoms with E-state index >= 15 is 0 Å². The Morgan fingerprint density at radius 1 is 1.65 bits per heavy atom. The Kier molecular flexibility index (Phi) is 4.11. The van der Waals surface area contributed by atoms with Gasteiger partial charge in [0.15, 0.2) is 0 Å². The van der Waals surface area contributed by atoms with E-state index in [4.69, 9.17) is 16.0 Å². The normalized spacial score (nSPS) is 20.6. The van der Waals surface area contributed by atoms with Crippen molar-refractivity contribution in [2.24, 2.45) is 5.92 Å². The Balaban J connectivity index is 1.99. The van der Waals surface area contributed by atoms with E-state index in [1.807, 2.05) is 11.8 Å². The van der Waals surface area contributed by atoms with E-state index in [9.17, 15) is 4.79 Å². The minimum Gasteiger partial charge on any atom is -0.469 e. The number of hydrogen-bond donors (Lipinski definition) is 0. The molecular weight excluding hydrogens is 238 g/mol. The first-order chi connectivity index (χ1) is 8.20. The fraction of sp³-hybridized carbons (Fsp3) is 0.615. The number of piperidine rings is 1. The summed E-state index contributed by atoms with van der Waals surface area (Å²) in [6, 6.07) is 1.80. The fourth-order valence-corrected chi connectivity index (χ4v) is 2.69. The predicted molar refractivity (Wildman–Crippen MR) is 67.4 cm³/mol. The topological polar surface area (TPSA) is 33.5 Å². The molecule has 1 atom stereocenters. The zero-order valence-electron chi connectivity index (χ0n) is 10.1. The van der Waals surface area contributed by atoms with Crippen LogP contribution >= 0.6 is 11.6 Å². The summed E-state index contributed by atoms with van der Waals surface area (Å²) >= 11 is 5.76. The summed E-state index contributed by atoms with van der Waals surface area (Å²) in [5.41, 5.74) is 0.661. The number of hydrogen-bond acceptors (Lipinski definition) is 2. The zero-order valence-corrected chi connectivity index (χ0v) is 10.9. The molecule has 94 valence electrons. The highest BCUT2D eigenvalue weighted by atomic mass is 35.5. The molecule has 1 unspecified atom stereocenters. The Bertz CT molecular complexity index is 387. The Morgan fingerprint density at radius 2 is 2.47 bits per heavy atom. The van der Waals surface area contributed by atoms with Gasteiger partial charge in [-0.2, -0.15) is 0 Å². The van der Waals surface area contributed by atoms with Crippen LogP contribution in [0.2, 0.25) is 0 Å². The number of likely N-dealkylation sites (tertiary alicyclic amines) is 1. The van der Waals surface area contributed by atoms with E-state index in [-0.39, 0.29) is 5.91 Å². The second-order valence-corrected chi connectivity index (χ2v) is 5.06. The first kappa shape index (κ1) is 12.5. The number of carbonyl (C=O) groups is 1. The number of carbonyl (C=O) groups excluding carboxylic acids is 1. The highest BCUT2D eigenvalue weighted by Gasteiger charge is 2.24. The first-order valence-electron chi connectivity index (χ1n) is 6.11. The number of furan rings is 1. The highest BCUT2D eigenvalue weighted by molar-refractivity contribution is 6.17. The van der Waals surface area contributed by atoms with Gasteiger partial charge >= 0.3 is 0 Å². The van der Waals surface area contributed by atoms with Gasteiger partial charge in [-0.1, -0.05) is 0 Å². The molecule has 1 aliphatic heterocycles. The first-order valence-corrected chi connectivity index (χ1v) is 6.64. The maximum absolute atomic E-state index is 12.2. The number of amides is 1. The highest BCUT2D eigenvalue weighted by Crippen LogP contribution is 2.22. The largest absolute Gasteiger partial charge is 0.469 e. The van der Waals surface area contributed by atoms with Gasteiger partial charge < -0.3 is 9.32 Å². The summed E-state index contributed by atoms with van der Waals surface area (Å²) in [5, 5.41) is 0. The summed E-state index contributed by atoms with van der Waals surface area (Å²) in [7, 11) is 0. The van der Waals surface area contributed by atoms with Crippen molar-refractivity contribution < 1.29 is 9.21 Å². The van der Waals surface area contributed by atoms with Crippen LogP contribution in [0.1, 0.15) is 35.4 Å². The van der Waals surface area contributed by atoms with Crippen molar-refractivity contribution in [2.45, 2.75) is 26.2 Å². The summed E-state index contributed by atoms with van der Waals surface area (Å²) in [4.78, 5) is 14.1. The van der Waals surface area contributed by atoms with Crippen LogP contribution in [0.15, 0.2) is 16.7 Å². The summed E-state index contributed by atoms with van der Waals surface area (Å²) in [5.74, 6) is 2.10. The van der Waals surface area contributed by atoms with Gasteiger partial charge in [0.1, 0.15) is 12.0 Å². The number of aryl methyl sites for hydroxylation is 1. The van der Waals surface area contributed by atoms with Gasteiger partial charge in [0.25, 0.3) is 5.91 Å². The average Bonchev–Trinajstić information content (AvgIpc) is 2.76. The monoisotopic (exact) mass is 255 g/mol. The summed E-state index contributed by atoms with van der Waals surface area (Å²) in [6.07, 6.45) is 4.80. The van der Waals surface area contributed by atoms with Gasteiger partial charge in [0, 0.05) is 19.0 Å². The van der Waals surface area contributed by atoms with Crippen molar-refractivity contribution in [3.8, 4) is 0 Å². The summed E-state index contributed by atoms with van der Waals surface area (Å²) < 4.78 is 5.18. The van der Waals surface area contributed by atoms with Gasteiger partial charge in [-0.25, -0.2) is 0 Å². The molecule has 0 radical (unpaired) electrons. The smallest absolute Gasteiger partial charge is 0.257 e. The Labute approximate surface area is 107 Å². The molecule has 1 fully saturated rings. The molecule has 1 amide bonds. The van der Waals surface area contributed by atoms with Crippen molar-refractivity contribution in [1.29, 1.82) is 0 Å². The number of alkyl halides is 1. The van der Waals surface area contributed by atoms with Crippen molar-refractivity contribution in [3.63, 3.8) is 0 Å². The van der Waals surface area contributed by atoms with Crippen LogP contribution in [-0.2, 0) is 0 Å². The van der Waals surface area contributed by atoms with Gasteiger partial charge in [-0.05, 0) is 38.2 Å². The Hall–Kier alpha value is -0.960. The lowest BCUT2D eigenvalue weighted by Gasteiger charge is -2.32. The molecule has 0 saturated carbocycles. The SMILES string of the molecule is Cc1cc(C(=O)N2CCCC(CCCl)C2)co1. The second-order valence-electron chi connectivity index (χ2n) is 4.68. The van der Waals surface area contributed by atoms with E-state index in [1.54, 1.807) is 12.3 Å². The minimum atomic E-state index is 0.0844. The molecule has 0 N–H and O–H groups in total. The molecule has 0 aromatic carbocycles. The molecule has 4 heteroatoms. The molecule has 17 heavy (non-hydrogen) atoms. The van der Waals surface area contributed by atoms with Crippen LogP contribution < -0.4 is 0 Å². The van der Waals surface area contributed by atoms with Crippen LogP contribution in [-0.4, -0.2) is 29.8 Å². The molecule has 2 heterocycles. The molecule has 1 saturated heterocycles. The third kappa shape index (κ3) is 3.03. The van der Waals surface area contributed by atoms with E-state index in [2.05, 4.69) is 0 Å². The van der Waals surface area contributed by atoms with Crippen LogP contribution in [0.3, 0.4) is 0 Å². The molecule has 0 bridgehead atoms. The van der Waals surface area contributed by atoms with E-state index < -0.39 is 0 Å². The molecule has 2 rings (SSSR count). The lowest BCUT2D eigenvalue weighted by Crippen LogP contribution is -2.39. The van der Waals surface area contributed by atoms with Crippen molar-refractivity contribution in [1.82, 2.24) is 4.90 Å². The second kappa shape index (κ2) is 5.58. The van der Waals surface area contributed by atoms with Gasteiger partial charge in [-0.15, -0.1) is 11.6 Å². The molecule has 0 aliphatic carbocycles. The van der Waals surface area contributed by atoms with Gasteiger partial charge in [0.05, 0.1) is 5.56 Å². The maximum atomic E-state index is 12.2. The lowest BCUT2D eigenvalue weighted by atomic mass is 9.95. The molecule has 1 aromatic rings. The number of nitrogens with zero attached hydrogens (tertiary/aromatic N) is 1. The van der Waals surface area contributed by atoms with Crippen molar-refractivity contribution in [3.05, 3.63) is 23.7 Å². The molecule has 1 aliphatic rings. The van der Waals surface area contributed by atoms with E-state index in [0.29, 0.717) is 17.4 Å². The third-order valence-corrected chi connectivity index (χ3v) is 3.52. The van der Waals surface area contributed by atoms with Crippen molar-refractivity contribution >= 4 is 17.5 Å². The van der Waals surface area contributed by atoms with Crippen LogP contribution in [0.4, 0.5) is 0 Å². The van der Waals surface area contributed by atoms with Gasteiger partial charge in [-0.3, -0.25) is 4.79 Å². The van der Waals surface area contributed by atoms with Crippen LogP contribution in [0.5, 0.6) is 0 Å². The van der Waals surface area contributed by atoms with Crippen LogP contribution in [0.25, 0.3) is 0 Å². The fourth-order valence-electron chi connectivity index (χ4n) is 2.38.